The maximum atomic E-state index is 13.8. The molecule has 1 aliphatic heterocycles. The van der Waals surface area contributed by atoms with Crippen LogP contribution in [-0.2, 0) is 4.79 Å². The Labute approximate surface area is 128 Å². The number of halogens is 4. The number of likely N-dealkylation sites (tertiary alicyclic amines) is 1. The second kappa shape index (κ2) is 6.05. The zero-order valence-electron chi connectivity index (χ0n) is 12.0. The van der Waals surface area contributed by atoms with E-state index in [1.165, 1.54) is 25.1 Å². The summed E-state index contributed by atoms with van der Waals surface area (Å²) in [6.45, 7) is 0.111. The largest absolute Gasteiger partial charge is 0.481 e. The molecule has 0 bridgehead atoms. The number of hydrogen-bond acceptors (Lipinski definition) is 2. The summed E-state index contributed by atoms with van der Waals surface area (Å²) < 4.78 is 52.4. The van der Waals surface area contributed by atoms with Gasteiger partial charge in [0.2, 0.25) is 0 Å². The van der Waals surface area contributed by atoms with Crippen molar-refractivity contribution >= 4 is 17.7 Å². The van der Waals surface area contributed by atoms with Crippen LogP contribution in [0.25, 0.3) is 0 Å². The van der Waals surface area contributed by atoms with Crippen LogP contribution < -0.4 is 5.32 Å². The quantitative estimate of drug-likeness (QED) is 0.817. The van der Waals surface area contributed by atoms with Gasteiger partial charge in [-0.05, 0) is 18.6 Å². The third-order valence-corrected chi connectivity index (χ3v) is 3.78. The molecule has 2 N–H and O–H groups in total. The average molecular weight is 334 g/mol. The fraction of sp³-hybridized carbons (Fsp3) is 0.429. The van der Waals surface area contributed by atoms with E-state index in [-0.39, 0.29) is 11.3 Å². The lowest BCUT2D eigenvalue weighted by Gasteiger charge is -2.19. The molecular weight excluding hydrogens is 320 g/mol. The molecule has 5 nitrogen and oxygen atoms in total. The highest BCUT2D eigenvalue weighted by Gasteiger charge is 2.53. The summed E-state index contributed by atoms with van der Waals surface area (Å²) in [6, 6.07) is 3.26. The average Bonchev–Trinajstić information content (AvgIpc) is 2.89. The molecule has 1 saturated heterocycles. The van der Waals surface area contributed by atoms with Crippen LogP contribution >= 0.6 is 0 Å². The molecule has 0 radical (unpaired) electrons. The van der Waals surface area contributed by atoms with Crippen LogP contribution in [0.1, 0.15) is 5.56 Å². The minimum Gasteiger partial charge on any atom is -0.481 e. The van der Waals surface area contributed by atoms with Gasteiger partial charge in [-0.2, -0.15) is 13.2 Å². The van der Waals surface area contributed by atoms with E-state index < -0.39 is 48.9 Å². The fourth-order valence-corrected chi connectivity index (χ4v) is 2.49. The molecule has 1 fully saturated rings. The number of carbonyl (C=O) groups is 2. The van der Waals surface area contributed by atoms with Crippen molar-refractivity contribution in [2.75, 3.05) is 18.4 Å². The number of rotatable bonds is 2. The molecule has 2 amide bonds. The number of urea groups is 1. The highest BCUT2D eigenvalue weighted by atomic mass is 19.4. The smallest absolute Gasteiger partial charge is 0.394 e. The highest BCUT2D eigenvalue weighted by molar-refractivity contribution is 5.90. The van der Waals surface area contributed by atoms with Crippen molar-refractivity contribution < 1.29 is 32.3 Å². The number of nitrogens with one attached hydrogen (secondary N) is 1. The summed E-state index contributed by atoms with van der Waals surface area (Å²) in [5, 5.41) is 11.1. The first-order valence-corrected chi connectivity index (χ1v) is 6.72. The van der Waals surface area contributed by atoms with Crippen LogP contribution in [0.5, 0.6) is 0 Å². The molecular formula is C14H14F4N2O3. The normalized spacial score (nSPS) is 21.3. The molecule has 23 heavy (non-hydrogen) atoms. The predicted molar refractivity (Wildman–Crippen MR) is 72.4 cm³/mol. The van der Waals surface area contributed by atoms with Gasteiger partial charge in [0.1, 0.15) is 5.82 Å². The summed E-state index contributed by atoms with van der Waals surface area (Å²) >= 11 is 0. The number of anilines is 1. The van der Waals surface area contributed by atoms with Gasteiger partial charge < -0.3 is 15.3 Å². The Morgan fingerprint density at radius 2 is 1.96 bits per heavy atom. The van der Waals surface area contributed by atoms with Crippen LogP contribution in [0.2, 0.25) is 0 Å². The maximum Gasteiger partial charge on any atom is 0.394 e. The minimum atomic E-state index is -4.73. The first-order chi connectivity index (χ1) is 10.6. The number of amides is 2. The van der Waals surface area contributed by atoms with Gasteiger partial charge in [0.15, 0.2) is 0 Å². The van der Waals surface area contributed by atoms with Crippen LogP contribution in [0, 0.1) is 24.6 Å². The monoisotopic (exact) mass is 334 g/mol. The Hall–Kier alpha value is -2.32. The summed E-state index contributed by atoms with van der Waals surface area (Å²) in [7, 11) is 0. The van der Waals surface area contributed by atoms with Gasteiger partial charge in [-0.15, -0.1) is 0 Å². The number of carbonyl (C=O) groups excluding carboxylic acids is 1. The lowest BCUT2D eigenvalue weighted by Crippen LogP contribution is -2.35. The highest BCUT2D eigenvalue weighted by Crippen LogP contribution is 2.38. The first kappa shape index (κ1) is 17.0. The SMILES string of the molecule is Cc1cccc(NC(=O)N2C[C@@H](C(F)(F)F)[C@H](C(=O)O)C2)c1F. The molecule has 2 rings (SSSR count). The number of alkyl halides is 3. The topological polar surface area (TPSA) is 69.6 Å². The van der Waals surface area contributed by atoms with Gasteiger partial charge in [0.25, 0.3) is 0 Å². The summed E-state index contributed by atoms with van der Waals surface area (Å²) in [4.78, 5) is 23.7. The van der Waals surface area contributed by atoms with Gasteiger partial charge in [0.05, 0.1) is 17.5 Å². The van der Waals surface area contributed by atoms with E-state index in [1.807, 2.05) is 0 Å². The van der Waals surface area contributed by atoms with Crippen LogP contribution in [0.3, 0.4) is 0 Å². The van der Waals surface area contributed by atoms with E-state index in [0.717, 1.165) is 4.90 Å². The number of hydrogen-bond donors (Lipinski definition) is 2. The van der Waals surface area contributed by atoms with Gasteiger partial charge in [-0.25, -0.2) is 9.18 Å². The lowest BCUT2D eigenvalue weighted by atomic mass is 9.96. The van der Waals surface area contributed by atoms with Crippen molar-refractivity contribution in [1.29, 1.82) is 0 Å². The third-order valence-electron chi connectivity index (χ3n) is 3.78. The van der Waals surface area contributed by atoms with E-state index in [4.69, 9.17) is 5.11 Å². The van der Waals surface area contributed by atoms with Crippen LogP contribution in [0.15, 0.2) is 18.2 Å². The van der Waals surface area contributed by atoms with E-state index in [9.17, 15) is 27.2 Å². The summed E-state index contributed by atoms with van der Waals surface area (Å²) in [5.74, 6) is -6.19. The van der Waals surface area contributed by atoms with Gasteiger partial charge in [-0.1, -0.05) is 12.1 Å². The van der Waals surface area contributed by atoms with E-state index >= 15 is 0 Å². The van der Waals surface area contributed by atoms with Crippen molar-refractivity contribution in [2.24, 2.45) is 11.8 Å². The maximum absolute atomic E-state index is 13.8. The zero-order valence-corrected chi connectivity index (χ0v) is 12.0. The molecule has 1 heterocycles. The number of aliphatic carboxylic acids is 1. The molecule has 1 aromatic rings. The van der Waals surface area contributed by atoms with Crippen LogP contribution in [-0.4, -0.2) is 41.3 Å². The molecule has 0 aliphatic carbocycles. The van der Waals surface area contributed by atoms with Crippen LogP contribution in [0.4, 0.5) is 28.0 Å². The van der Waals surface area contributed by atoms with Gasteiger partial charge in [-0.3, -0.25) is 4.79 Å². The van der Waals surface area contributed by atoms with Gasteiger partial charge in [0, 0.05) is 13.1 Å². The molecule has 0 unspecified atom stereocenters. The first-order valence-electron chi connectivity index (χ1n) is 6.72. The number of carboxylic acid groups (broad SMARTS) is 1. The number of aryl methyl sites for hydroxylation is 1. The Kier molecular flexibility index (Phi) is 4.49. The van der Waals surface area contributed by atoms with Crippen molar-refractivity contribution in [3.05, 3.63) is 29.6 Å². The summed E-state index contributed by atoms with van der Waals surface area (Å²) in [6.07, 6.45) is -4.73. The lowest BCUT2D eigenvalue weighted by molar-refractivity contribution is -0.187. The fourth-order valence-electron chi connectivity index (χ4n) is 2.49. The zero-order chi connectivity index (χ0) is 17.4. The van der Waals surface area contributed by atoms with E-state index in [1.54, 1.807) is 0 Å². The Morgan fingerprint density at radius 3 is 2.48 bits per heavy atom. The van der Waals surface area contributed by atoms with Crippen molar-refractivity contribution in [2.45, 2.75) is 13.1 Å². The van der Waals surface area contributed by atoms with Crippen molar-refractivity contribution in [3.8, 4) is 0 Å². The standard InChI is InChI=1S/C14H14F4N2O3/c1-7-3-2-4-10(11(7)15)19-13(23)20-5-8(12(21)22)9(6-20)14(16,17)18/h2-4,8-9H,5-6H2,1H3,(H,19,23)(H,21,22)/t8-,9-/m1/s1. The van der Waals surface area contributed by atoms with E-state index in [0.29, 0.717) is 0 Å². The van der Waals surface area contributed by atoms with Crippen molar-refractivity contribution in [3.63, 3.8) is 0 Å². The summed E-state index contributed by atoms with van der Waals surface area (Å²) in [5.41, 5.74) is 0.0955. The van der Waals surface area contributed by atoms with Crippen molar-refractivity contribution in [1.82, 2.24) is 4.90 Å². The third kappa shape index (κ3) is 3.54. The number of benzene rings is 1. The second-order valence-electron chi connectivity index (χ2n) is 5.36. The van der Waals surface area contributed by atoms with Gasteiger partial charge >= 0.3 is 18.2 Å². The predicted octanol–water partition coefficient (Wildman–Crippen LogP) is 2.86. The second-order valence-corrected chi connectivity index (χ2v) is 5.36. The Balaban J connectivity index is 2.15. The molecule has 0 spiro atoms. The Morgan fingerprint density at radius 1 is 1.30 bits per heavy atom. The Bertz CT molecular complexity index is 633. The molecule has 1 aliphatic rings. The number of nitrogens with zero attached hydrogens (tertiary/aromatic N) is 1. The molecule has 1 aromatic carbocycles. The molecule has 9 heteroatoms. The minimum absolute atomic E-state index is 0.169. The number of carboxylic acids is 1. The molecule has 0 saturated carbocycles. The molecule has 126 valence electrons. The van der Waals surface area contributed by atoms with E-state index in [2.05, 4.69) is 5.32 Å². The molecule has 2 atom stereocenters. The molecule has 0 aromatic heterocycles.